The monoisotopic (exact) mass is 734 g/mol. The molecule has 6 nitrogen and oxygen atoms in total. The van der Waals surface area contributed by atoms with Gasteiger partial charge in [-0.1, -0.05) is 43.5 Å². The minimum atomic E-state index is -5.04. The number of ether oxygens (including phenoxy) is 1. The summed E-state index contributed by atoms with van der Waals surface area (Å²) < 4.78 is 126. The molecule has 1 aliphatic carbocycles. The molecule has 0 heterocycles. The van der Waals surface area contributed by atoms with Crippen LogP contribution in [0.3, 0.4) is 0 Å². The lowest BCUT2D eigenvalue weighted by Gasteiger charge is -2.34. The number of carbonyl (C=O) groups is 1. The molecule has 3 aromatic carbocycles. The predicted molar refractivity (Wildman–Crippen MR) is 176 cm³/mol. The number of alkyl halides is 9. The van der Waals surface area contributed by atoms with Gasteiger partial charge < -0.3 is 24.7 Å². The number of rotatable bonds is 11. The molecule has 0 aliphatic heterocycles. The Kier molecular flexibility index (Phi) is 13.7. The second-order valence-electron chi connectivity index (χ2n) is 12.3. The molecule has 3 aromatic rings. The van der Waals surface area contributed by atoms with Gasteiger partial charge in [0.1, 0.15) is 5.75 Å². The molecule has 1 saturated carbocycles. The average Bonchev–Trinajstić information content (AvgIpc) is 3.02. The molecule has 1 fully saturated rings. The molecule has 280 valence electrons. The first-order valence-corrected chi connectivity index (χ1v) is 16.0. The van der Waals surface area contributed by atoms with Crippen LogP contribution in [0.5, 0.6) is 5.75 Å². The molecule has 15 heteroatoms. The number of nitrogens with zero attached hydrogens (tertiary/aromatic N) is 2. The first-order chi connectivity index (χ1) is 23.7. The first kappa shape index (κ1) is 40.9. The minimum absolute atomic E-state index is 0.0654. The summed E-state index contributed by atoms with van der Waals surface area (Å²) in [5.41, 5.74) is -0.266. The van der Waals surface area contributed by atoms with E-state index in [1.807, 2.05) is 6.92 Å². The predicted octanol–water partition coefficient (Wildman–Crippen LogP) is 11.5. The fourth-order valence-corrected chi connectivity index (χ4v) is 6.01. The molecule has 0 aromatic heterocycles. The fraction of sp³-hybridized carbons (Fsp3) is 0.417. The van der Waals surface area contributed by atoms with Gasteiger partial charge in [-0.3, -0.25) is 0 Å². The number of halogens is 9. The van der Waals surface area contributed by atoms with Gasteiger partial charge >= 0.3 is 24.9 Å². The normalized spacial score (nSPS) is 13.9. The van der Waals surface area contributed by atoms with E-state index in [0.29, 0.717) is 48.1 Å². The summed E-state index contributed by atoms with van der Waals surface area (Å²) in [6, 6.07) is 12.1. The van der Waals surface area contributed by atoms with Crippen LogP contribution in [0.4, 0.5) is 55.7 Å². The van der Waals surface area contributed by atoms with E-state index in [1.54, 1.807) is 36.1 Å². The van der Waals surface area contributed by atoms with Gasteiger partial charge in [0.05, 0.1) is 11.1 Å². The van der Waals surface area contributed by atoms with E-state index in [1.165, 1.54) is 18.2 Å². The van der Waals surface area contributed by atoms with E-state index < -0.39 is 48.3 Å². The molecule has 51 heavy (non-hydrogen) atoms. The van der Waals surface area contributed by atoms with Gasteiger partial charge in [-0.25, -0.2) is 4.79 Å². The van der Waals surface area contributed by atoms with Crippen LogP contribution in [-0.4, -0.2) is 35.8 Å². The molecule has 0 spiro atoms. The summed E-state index contributed by atoms with van der Waals surface area (Å²) >= 11 is 0. The molecular weight excluding hydrogens is 695 g/mol. The van der Waals surface area contributed by atoms with Gasteiger partial charge in [-0.2, -0.15) is 26.3 Å². The number of allylic oxidation sites excluding steroid dienone is 1. The third-order valence-electron chi connectivity index (χ3n) is 8.32. The second kappa shape index (κ2) is 17.1. The van der Waals surface area contributed by atoms with Crippen LogP contribution in [0.25, 0.3) is 5.57 Å². The Balaban J connectivity index is 0.00000166. The summed E-state index contributed by atoms with van der Waals surface area (Å²) in [4.78, 5) is 12.2. The number of anilines is 2. The molecule has 0 amide bonds. The molecular formula is C36H39F9N2O4. The standard InChI is InChI=1S/C35H37F9N2O.CH2O3/c1-4-45(20-24-8-6-5-7-9-24)32-15-14-31(47-35(42,43)44)18-27(32)22-46(30-12-10-26(11-13-30)23(2)3)21-25-16-28(33(36,37)38)19-29(17-25)34(39,40)41;2-1(3)4/h10-19,24H,2,4-9,20-22H2,1,3H3;(H2,2,3,4). The maximum absolute atomic E-state index is 13.7. The number of carboxylic acid groups (broad SMARTS) is 2. The highest BCUT2D eigenvalue weighted by atomic mass is 19.4. The van der Waals surface area contributed by atoms with Gasteiger partial charge in [0.2, 0.25) is 0 Å². The number of benzene rings is 3. The van der Waals surface area contributed by atoms with E-state index in [4.69, 9.17) is 15.0 Å². The summed E-state index contributed by atoms with van der Waals surface area (Å²) in [7, 11) is 0. The van der Waals surface area contributed by atoms with E-state index in [0.717, 1.165) is 43.2 Å². The highest BCUT2D eigenvalue weighted by Crippen LogP contribution is 2.38. The van der Waals surface area contributed by atoms with Crippen LogP contribution in [0.2, 0.25) is 0 Å². The summed E-state index contributed by atoms with van der Waals surface area (Å²) in [6.07, 6.45) is -11.6. The van der Waals surface area contributed by atoms with E-state index in [9.17, 15) is 39.5 Å². The van der Waals surface area contributed by atoms with Crippen molar-refractivity contribution in [2.24, 2.45) is 5.92 Å². The Bertz CT molecular complexity index is 1580. The van der Waals surface area contributed by atoms with Crippen LogP contribution >= 0.6 is 0 Å². The lowest BCUT2D eigenvalue weighted by Crippen LogP contribution is -2.32. The first-order valence-electron chi connectivity index (χ1n) is 16.0. The van der Waals surface area contributed by atoms with Gasteiger partial charge in [0, 0.05) is 37.6 Å². The fourth-order valence-electron chi connectivity index (χ4n) is 6.01. The molecule has 1 aliphatic rings. The maximum Gasteiger partial charge on any atom is 0.573 e. The minimum Gasteiger partial charge on any atom is -0.450 e. The van der Waals surface area contributed by atoms with Crippen molar-refractivity contribution in [3.8, 4) is 5.75 Å². The van der Waals surface area contributed by atoms with Gasteiger partial charge in [0.25, 0.3) is 0 Å². The number of hydrogen-bond acceptors (Lipinski definition) is 4. The molecule has 2 N–H and O–H groups in total. The molecule has 4 rings (SSSR count). The van der Waals surface area contributed by atoms with Crippen molar-refractivity contribution in [1.29, 1.82) is 0 Å². The lowest BCUT2D eigenvalue weighted by atomic mass is 9.88. The van der Waals surface area contributed by atoms with E-state index in [2.05, 4.69) is 16.2 Å². The average molecular weight is 735 g/mol. The van der Waals surface area contributed by atoms with Crippen LogP contribution in [-0.2, 0) is 25.4 Å². The van der Waals surface area contributed by atoms with Gasteiger partial charge in [-0.05, 0) is 97.8 Å². The smallest absolute Gasteiger partial charge is 0.450 e. The van der Waals surface area contributed by atoms with Crippen molar-refractivity contribution in [2.45, 2.75) is 77.8 Å². The Morgan fingerprint density at radius 1 is 0.804 bits per heavy atom. The van der Waals surface area contributed by atoms with Crippen molar-refractivity contribution < 1.29 is 59.3 Å². The highest BCUT2D eigenvalue weighted by Gasteiger charge is 2.37. The zero-order valence-corrected chi connectivity index (χ0v) is 27.9. The van der Waals surface area contributed by atoms with Crippen molar-refractivity contribution in [3.05, 3.63) is 95.1 Å². The van der Waals surface area contributed by atoms with E-state index in [-0.39, 0.29) is 18.2 Å². The van der Waals surface area contributed by atoms with Crippen LogP contribution in [0, 0.1) is 5.92 Å². The second-order valence-corrected chi connectivity index (χ2v) is 12.3. The Labute approximate surface area is 289 Å². The summed E-state index contributed by atoms with van der Waals surface area (Å²) in [5.74, 6) is -0.111. The maximum atomic E-state index is 13.7. The zero-order valence-electron chi connectivity index (χ0n) is 27.9. The molecule has 0 bridgehead atoms. The van der Waals surface area contributed by atoms with Crippen LogP contribution in [0.15, 0.2) is 67.2 Å². The molecule has 0 unspecified atom stereocenters. The number of hydrogen-bond donors (Lipinski definition) is 2. The van der Waals surface area contributed by atoms with Gasteiger partial charge in [-0.15, -0.1) is 13.2 Å². The Hall–Kier alpha value is -4.56. The van der Waals surface area contributed by atoms with Crippen molar-refractivity contribution in [2.75, 3.05) is 22.9 Å². The van der Waals surface area contributed by atoms with E-state index >= 15 is 0 Å². The zero-order chi connectivity index (χ0) is 38.1. The largest absolute Gasteiger partial charge is 0.573 e. The van der Waals surface area contributed by atoms with Crippen molar-refractivity contribution in [3.63, 3.8) is 0 Å². The highest BCUT2D eigenvalue weighted by molar-refractivity contribution is 5.65. The Morgan fingerprint density at radius 2 is 1.35 bits per heavy atom. The molecule has 0 atom stereocenters. The summed E-state index contributed by atoms with van der Waals surface area (Å²) in [6.45, 7) is 8.21. The van der Waals surface area contributed by atoms with Crippen molar-refractivity contribution in [1.82, 2.24) is 0 Å². The van der Waals surface area contributed by atoms with Crippen LogP contribution < -0.4 is 14.5 Å². The third-order valence-corrected chi connectivity index (χ3v) is 8.32. The molecule has 0 radical (unpaired) electrons. The van der Waals surface area contributed by atoms with Crippen LogP contribution in [0.1, 0.15) is 73.8 Å². The summed E-state index contributed by atoms with van der Waals surface area (Å²) in [5, 5.41) is 13.9. The Morgan fingerprint density at radius 3 is 1.82 bits per heavy atom. The van der Waals surface area contributed by atoms with Gasteiger partial charge in [0.15, 0.2) is 0 Å². The third kappa shape index (κ3) is 12.9. The van der Waals surface area contributed by atoms with Crippen molar-refractivity contribution >= 4 is 23.1 Å². The topological polar surface area (TPSA) is 73.2 Å². The SMILES string of the molecule is C=C(C)c1ccc(N(Cc2cc(C(F)(F)F)cc(C(F)(F)F)c2)Cc2cc(OC(F)(F)F)ccc2N(CC)CC2CCCCC2)cc1.O=C(O)O. The lowest BCUT2D eigenvalue weighted by molar-refractivity contribution is -0.274. The molecule has 0 saturated heterocycles. The quantitative estimate of drug-likeness (QED) is 0.191.